The van der Waals surface area contributed by atoms with Crippen molar-refractivity contribution < 1.29 is 0 Å². The van der Waals surface area contributed by atoms with E-state index in [0.717, 1.165) is 32.7 Å². The van der Waals surface area contributed by atoms with Gasteiger partial charge in [0.1, 0.15) is 0 Å². The van der Waals surface area contributed by atoms with Crippen molar-refractivity contribution in [2.45, 2.75) is 6.42 Å². The molecule has 0 spiro atoms. The Morgan fingerprint density at radius 1 is 1.23 bits per heavy atom. The SMILES string of the molecule is NCCNCCCN1CCNCC1. The van der Waals surface area contributed by atoms with Crippen LogP contribution < -0.4 is 16.4 Å². The van der Waals surface area contributed by atoms with Crippen LogP contribution in [0.5, 0.6) is 0 Å². The Hall–Kier alpha value is -0.160. The molecule has 4 nitrogen and oxygen atoms in total. The molecule has 1 aliphatic heterocycles. The maximum atomic E-state index is 5.37. The number of nitrogens with two attached hydrogens (primary N) is 1. The van der Waals surface area contributed by atoms with Gasteiger partial charge in [-0.1, -0.05) is 0 Å². The van der Waals surface area contributed by atoms with Crippen molar-refractivity contribution in [2.24, 2.45) is 5.73 Å². The van der Waals surface area contributed by atoms with Crippen LogP contribution in [0.25, 0.3) is 0 Å². The second-order valence-electron chi connectivity index (χ2n) is 3.48. The molecule has 1 saturated heterocycles. The highest BCUT2D eigenvalue weighted by Gasteiger charge is 2.07. The number of hydrogen-bond donors (Lipinski definition) is 3. The van der Waals surface area contributed by atoms with E-state index < -0.39 is 0 Å². The fourth-order valence-electron chi connectivity index (χ4n) is 1.59. The Balaban J connectivity index is 1.86. The van der Waals surface area contributed by atoms with Crippen molar-refractivity contribution in [3.05, 3.63) is 0 Å². The van der Waals surface area contributed by atoms with Gasteiger partial charge in [-0.25, -0.2) is 0 Å². The lowest BCUT2D eigenvalue weighted by molar-refractivity contribution is 0.238. The van der Waals surface area contributed by atoms with Crippen LogP contribution in [0.2, 0.25) is 0 Å². The van der Waals surface area contributed by atoms with E-state index in [-0.39, 0.29) is 0 Å². The van der Waals surface area contributed by atoms with Crippen molar-refractivity contribution >= 4 is 0 Å². The third-order valence-corrected chi connectivity index (χ3v) is 2.36. The number of piperazine rings is 1. The van der Waals surface area contributed by atoms with E-state index in [1.807, 2.05) is 0 Å². The van der Waals surface area contributed by atoms with Gasteiger partial charge >= 0.3 is 0 Å². The van der Waals surface area contributed by atoms with Crippen LogP contribution in [0, 0.1) is 0 Å². The molecule has 4 heteroatoms. The molecule has 78 valence electrons. The van der Waals surface area contributed by atoms with Gasteiger partial charge in [-0.05, 0) is 19.5 Å². The van der Waals surface area contributed by atoms with Crippen LogP contribution in [0.1, 0.15) is 6.42 Å². The normalized spacial score (nSPS) is 19.2. The molecule has 0 saturated carbocycles. The minimum Gasteiger partial charge on any atom is -0.329 e. The molecule has 0 atom stereocenters. The van der Waals surface area contributed by atoms with Gasteiger partial charge in [0.25, 0.3) is 0 Å². The minimum atomic E-state index is 0.744. The second-order valence-corrected chi connectivity index (χ2v) is 3.48. The average Bonchev–Trinajstić information content (AvgIpc) is 2.19. The quantitative estimate of drug-likeness (QED) is 0.458. The molecular weight excluding hydrogens is 164 g/mol. The van der Waals surface area contributed by atoms with E-state index in [1.165, 1.54) is 26.1 Å². The third-order valence-electron chi connectivity index (χ3n) is 2.36. The van der Waals surface area contributed by atoms with Crippen LogP contribution in [-0.2, 0) is 0 Å². The molecule has 0 aliphatic carbocycles. The van der Waals surface area contributed by atoms with Gasteiger partial charge in [0.2, 0.25) is 0 Å². The summed E-state index contributed by atoms with van der Waals surface area (Å²) >= 11 is 0. The Bertz CT molecular complexity index is 112. The van der Waals surface area contributed by atoms with Crippen LogP contribution in [0.4, 0.5) is 0 Å². The zero-order valence-corrected chi connectivity index (χ0v) is 8.39. The first-order valence-corrected chi connectivity index (χ1v) is 5.27. The average molecular weight is 186 g/mol. The highest BCUT2D eigenvalue weighted by molar-refractivity contribution is 4.67. The van der Waals surface area contributed by atoms with E-state index in [4.69, 9.17) is 5.73 Å². The van der Waals surface area contributed by atoms with Gasteiger partial charge in [-0.2, -0.15) is 0 Å². The number of rotatable bonds is 6. The first kappa shape index (κ1) is 10.9. The van der Waals surface area contributed by atoms with Gasteiger partial charge in [0.15, 0.2) is 0 Å². The molecule has 13 heavy (non-hydrogen) atoms. The van der Waals surface area contributed by atoms with E-state index in [9.17, 15) is 0 Å². The Labute approximate surface area is 80.9 Å². The lowest BCUT2D eigenvalue weighted by Crippen LogP contribution is -2.44. The molecule has 0 amide bonds. The molecule has 1 aliphatic rings. The lowest BCUT2D eigenvalue weighted by atomic mass is 10.3. The number of nitrogens with one attached hydrogen (secondary N) is 2. The highest BCUT2D eigenvalue weighted by atomic mass is 15.2. The fourth-order valence-corrected chi connectivity index (χ4v) is 1.59. The summed E-state index contributed by atoms with van der Waals surface area (Å²) in [4.78, 5) is 2.51. The Kier molecular flexibility index (Phi) is 6.10. The van der Waals surface area contributed by atoms with E-state index in [2.05, 4.69) is 15.5 Å². The molecule has 0 unspecified atom stereocenters. The Morgan fingerprint density at radius 3 is 2.69 bits per heavy atom. The molecule has 1 heterocycles. The standard InChI is InChI=1S/C9H22N4/c10-2-4-11-3-1-7-13-8-5-12-6-9-13/h11-12H,1-10H2. The van der Waals surface area contributed by atoms with Crippen LogP contribution in [-0.4, -0.2) is 57.3 Å². The van der Waals surface area contributed by atoms with E-state index in [0.29, 0.717) is 0 Å². The summed E-state index contributed by atoms with van der Waals surface area (Å²) in [7, 11) is 0. The fraction of sp³-hybridized carbons (Fsp3) is 1.00. The molecular formula is C9H22N4. The van der Waals surface area contributed by atoms with Crippen molar-refractivity contribution in [3.8, 4) is 0 Å². The number of nitrogens with zero attached hydrogens (tertiary/aromatic N) is 1. The van der Waals surface area contributed by atoms with Crippen LogP contribution in [0.3, 0.4) is 0 Å². The summed E-state index contributed by atoms with van der Waals surface area (Å²) in [6.07, 6.45) is 1.24. The van der Waals surface area contributed by atoms with Crippen LogP contribution >= 0.6 is 0 Å². The third kappa shape index (κ3) is 5.21. The first-order chi connectivity index (χ1) is 6.43. The zero-order valence-electron chi connectivity index (χ0n) is 8.39. The van der Waals surface area contributed by atoms with E-state index >= 15 is 0 Å². The van der Waals surface area contributed by atoms with Gasteiger partial charge in [0, 0.05) is 39.3 Å². The largest absolute Gasteiger partial charge is 0.329 e. The van der Waals surface area contributed by atoms with Gasteiger partial charge in [-0.3, -0.25) is 0 Å². The van der Waals surface area contributed by atoms with Crippen molar-refractivity contribution in [2.75, 3.05) is 52.4 Å². The zero-order chi connectivity index (χ0) is 9.36. The predicted molar refractivity (Wildman–Crippen MR) is 55.9 cm³/mol. The topological polar surface area (TPSA) is 53.3 Å². The molecule has 1 fully saturated rings. The molecule has 0 aromatic rings. The maximum absolute atomic E-state index is 5.37. The highest BCUT2D eigenvalue weighted by Crippen LogP contribution is 1.92. The summed E-state index contributed by atoms with van der Waals surface area (Å²) in [5.41, 5.74) is 5.37. The van der Waals surface area contributed by atoms with Crippen LogP contribution in [0.15, 0.2) is 0 Å². The summed E-state index contributed by atoms with van der Waals surface area (Å²) in [5, 5.41) is 6.66. The van der Waals surface area contributed by atoms with Crippen molar-refractivity contribution in [3.63, 3.8) is 0 Å². The van der Waals surface area contributed by atoms with Gasteiger partial charge in [-0.15, -0.1) is 0 Å². The van der Waals surface area contributed by atoms with Gasteiger partial charge < -0.3 is 21.3 Å². The number of hydrogen-bond acceptors (Lipinski definition) is 4. The van der Waals surface area contributed by atoms with Gasteiger partial charge in [0.05, 0.1) is 0 Å². The molecule has 0 aromatic heterocycles. The predicted octanol–water partition coefficient (Wildman–Crippen LogP) is -1.17. The summed E-state index contributed by atoms with van der Waals surface area (Å²) < 4.78 is 0. The first-order valence-electron chi connectivity index (χ1n) is 5.27. The summed E-state index contributed by atoms with van der Waals surface area (Å²) in [5.74, 6) is 0. The second kappa shape index (κ2) is 7.26. The lowest BCUT2D eigenvalue weighted by Gasteiger charge is -2.27. The molecule has 0 radical (unpaired) electrons. The van der Waals surface area contributed by atoms with Crippen molar-refractivity contribution in [1.29, 1.82) is 0 Å². The molecule has 4 N–H and O–H groups in total. The molecule has 1 rings (SSSR count). The minimum absolute atomic E-state index is 0.744. The monoisotopic (exact) mass is 186 g/mol. The summed E-state index contributed by atoms with van der Waals surface area (Å²) in [6, 6.07) is 0. The molecule has 0 bridgehead atoms. The van der Waals surface area contributed by atoms with E-state index in [1.54, 1.807) is 0 Å². The molecule has 0 aromatic carbocycles. The maximum Gasteiger partial charge on any atom is 0.0107 e. The summed E-state index contributed by atoms with van der Waals surface area (Å²) in [6.45, 7) is 8.72. The van der Waals surface area contributed by atoms with Crippen molar-refractivity contribution in [1.82, 2.24) is 15.5 Å². The Morgan fingerprint density at radius 2 is 2.00 bits per heavy atom. The smallest absolute Gasteiger partial charge is 0.0107 e.